The summed E-state index contributed by atoms with van der Waals surface area (Å²) in [5, 5.41) is 9.65. The Balaban J connectivity index is 2.83. The Morgan fingerprint density at radius 3 is 1.94 bits per heavy atom. The summed E-state index contributed by atoms with van der Waals surface area (Å²) in [6.07, 6.45) is 3.39. The number of piperazine rings is 1. The van der Waals surface area contributed by atoms with Gasteiger partial charge in [-0.15, -0.1) is 0 Å². The van der Waals surface area contributed by atoms with Crippen LogP contribution in [0.25, 0.3) is 0 Å². The van der Waals surface area contributed by atoms with E-state index < -0.39 is 11.5 Å². The lowest BCUT2D eigenvalue weighted by atomic mass is 9.86. The van der Waals surface area contributed by atoms with Crippen molar-refractivity contribution in [1.29, 1.82) is 0 Å². The van der Waals surface area contributed by atoms with Crippen molar-refractivity contribution in [3.05, 3.63) is 0 Å². The average Bonchev–Trinajstić information content (AvgIpc) is 2.29. The van der Waals surface area contributed by atoms with E-state index >= 15 is 0 Å². The highest BCUT2D eigenvalue weighted by molar-refractivity contribution is 5.78. The van der Waals surface area contributed by atoms with Crippen LogP contribution in [0.15, 0.2) is 0 Å². The topological polar surface area (TPSA) is 43.8 Å². The second-order valence-electron chi connectivity index (χ2n) is 5.13. The summed E-state index contributed by atoms with van der Waals surface area (Å²) in [6, 6.07) is 0. The zero-order valence-corrected chi connectivity index (χ0v) is 11.4. The lowest BCUT2D eigenvalue weighted by Gasteiger charge is -2.44. The van der Waals surface area contributed by atoms with Crippen LogP contribution in [0.4, 0.5) is 0 Å². The summed E-state index contributed by atoms with van der Waals surface area (Å²) in [4.78, 5) is 16.2. The predicted molar refractivity (Wildman–Crippen MR) is 69.3 cm³/mol. The lowest BCUT2D eigenvalue weighted by molar-refractivity contribution is -0.154. The third-order valence-electron chi connectivity index (χ3n) is 3.83. The van der Waals surface area contributed by atoms with Gasteiger partial charge in [0.05, 0.1) is 0 Å². The summed E-state index contributed by atoms with van der Waals surface area (Å²) < 4.78 is 0. The minimum atomic E-state index is -0.634. The van der Waals surface area contributed by atoms with Crippen molar-refractivity contribution in [1.82, 2.24) is 9.80 Å². The van der Waals surface area contributed by atoms with Gasteiger partial charge in [-0.3, -0.25) is 9.69 Å². The molecule has 4 heteroatoms. The van der Waals surface area contributed by atoms with Crippen molar-refractivity contribution >= 4 is 5.97 Å². The van der Waals surface area contributed by atoms with E-state index in [-0.39, 0.29) is 0 Å². The summed E-state index contributed by atoms with van der Waals surface area (Å²) in [7, 11) is 2.10. The second-order valence-corrected chi connectivity index (χ2v) is 5.13. The highest BCUT2D eigenvalue weighted by Gasteiger charge is 2.43. The van der Waals surface area contributed by atoms with Gasteiger partial charge in [0, 0.05) is 26.2 Å². The number of carboxylic acid groups (broad SMARTS) is 1. The molecular weight excluding hydrogens is 216 g/mol. The van der Waals surface area contributed by atoms with E-state index in [0.717, 1.165) is 51.9 Å². The first-order chi connectivity index (χ1) is 8.06. The number of aliphatic carboxylic acids is 1. The molecule has 0 aromatic carbocycles. The monoisotopic (exact) mass is 242 g/mol. The molecule has 4 nitrogen and oxygen atoms in total. The minimum absolute atomic E-state index is 0.620. The number of carbonyl (C=O) groups is 1. The molecule has 0 atom stereocenters. The number of hydrogen-bond donors (Lipinski definition) is 1. The molecule has 0 unspecified atom stereocenters. The standard InChI is InChI=1S/C13H26N2O2/c1-4-6-13(7-5-2,12(16)17)15-10-8-14(3)9-11-15/h4-11H2,1-3H3,(H,16,17). The average molecular weight is 242 g/mol. The lowest BCUT2D eigenvalue weighted by Crippen LogP contribution is -2.60. The maximum atomic E-state index is 11.7. The van der Waals surface area contributed by atoms with E-state index in [2.05, 4.69) is 30.7 Å². The van der Waals surface area contributed by atoms with E-state index in [1.807, 2.05) is 0 Å². The number of likely N-dealkylation sites (N-methyl/N-ethyl adjacent to an activating group) is 1. The zero-order chi connectivity index (χ0) is 12.9. The number of carboxylic acids is 1. The fourth-order valence-corrected chi connectivity index (χ4v) is 2.85. The fourth-order valence-electron chi connectivity index (χ4n) is 2.85. The third-order valence-corrected chi connectivity index (χ3v) is 3.83. The third kappa shape index (κ3) is 3.19. The quantitative estimate of drug-likeness (QED) is 0.769. The van der Waals surface area contributed by atoms with Gasteiger partial charge in [-0.1, -0.05) is 26.7 Å². The van der Waals surface area contributed by atoms with Crippen molar-refractivity contribution in [2.75, 3.05) is 33.2 Å². The van der Waals surface area contributed by atoms with Crippen LogP contribution in [-0.2, 0) is 4.79 Å². The Kier molecular flexibility index (Phi) is 5.40. The molecule has 1 aliphatic heterocycles. The molecule has 17 heavy (non-hydrogen) atoms. The maximum Gasteiger partial charge on any atom is 0.324 e. The van der Waals surface area contributed by atoms with Gasteiger partial charge in [0.25, 0.3) is 0 Å². The summed E-state index contributed by atoms with van der Waals surface area (Å²) >= 11 is 0. The summed E-state index contributed by atoms with van der Waals surface area (Å²) in [5.74, 6) is -0.634. The molecule has 1 rings (SSSR count). The highest BCUT2D eigenvalue weighted by Crippen LogP contribution is 2.28. The Bertz CT molecular complexity index is 242. The van der Waals surface area contributed by atoms with Crippen molar-refractivity contribution in [3.8, 4) is 0 Å². The van der Waals surface area contributed by atoms with Crippen molar-refractivity contribution in [3.63, 3.8) is 0 Å². The minimum Gasteiger partial charge on any atom is -0.480 e. The summed E-state index contributed by atoms with van der Waals surface area (Å²) in [6.45, 7) is 7.85. The van der Waals surface area contributed by atoms with E-state index in [1.54, 1.807) is 0 Å². The molecule has 0 aromatic heterocycles. The Hall–Kier alpha value is -0.610. The molecule has 0 radical (unpaired) electrons. The van der Waals surface area contributed by atoms with Crippen molar-refractivity contribution < 1.29 is 9.90 Å². The van der Waals surface area contributed by atoms with E-state index in [0.29, 0.717) is 0 Å². The van der Waals surface area contributed by atoms with Crippen LogP contribution >= 0.6 is 0 Å². The van der Waals surface area contributed by atoms with Gasteiger partial charge >= 0.3 is 5.97 Å². The Morgan fingerprint density at radius 2 is 1.59 bits per heavy atom. The summed E-state index contributed by atoms with van der Waals surface area (Å²) in [5.41, 5.74) is -0.620. The SMILES string of the molecule is CCCC(CCC)(C(=O)O)N1CCN(C)CC1. The van der Waals surface area contributed by atoms with Crippen LogP contribution in [0, 0.1) is 0 Å². The van der Waals surface area contributed by atoms with Gasteiger partial charge in [-0.2, -0.15) is 0 Å². The van der Waals surface area contributed by atoms with Gasteiger partial charge in [-0.25, -0.2) is 0 Å². The predicted octanol–water partition coefficient (Wildman–Crippen LogP) is 1.66. The van der Waals surface area contributed by atoms with Gasteiger partial charge in [0.2, 0.25) is 0 Å². The second kappa shape index (κ2) is 6.36. The van der Waals surface area contributed by atoms with Crippen LogP contribution in [0.3, 0.4) is 0 Å². The Morgan fingerprint density at radius 1 is 1.12 bits per heavy atom. The molecular formula is C13H26N2O2. The first-order valence-corrected chi connectivity index (χ1v) is 6.73. The van der Waals surface area contributed by atoms with Crippen LogP contribution in [0.1, 0.15) is 39.5 Å². The van der Waals surface area contributed by atoms with E-state index in [9.17, 15) is 9.90 Å². The van der Waals surface area contributed by atoms with E-state index in [4.69, 9.17) is 0 Å². The molecule has 0 saturated carbocycles. The number of rotatable bonds is 6. The number of hydrogen-bond acceptors (Lipinski definition) is 3. The van der Waals surface area contributed by atoms with Gasteiger partial charge < -0.3 is 10.0 Å². The first kappa shape index (κ1) is 14.5. The molecule has 0 bridgehead atoms. The maximum absolute atomic E-state index is 11.7. The molecule has 0 amide bonds. The molecule has 1 saturated heterocycles. The molecule has 1 heterocycles. The highest BCUT2D eigenvalue weighted by atomic mass is 16.4. The molecule has 1 fully saturated rings. The van der Waals surface area contributed by atoms with Crippen LogP contribution in [0.5, 0.6) is 0 Å². The number of nitrogens with zero attached hydrogens (tertiary/aromatic N) is 2. The van der Waals surface area contributed by atoms with Crippen LogP contribution in [0.2, 0.25) is 0 Å². The molecule has 1 N–H and O–H groups in total. The van der Waals surface area contributed by atoms with Crippen LogP contribution in [-0.4, -0.2) is 59.6 Å². The van der Waals surface area contributed by atoms with Crippen molar-refractivity contribution in [2.24, 2.45) is 0 Å². The molecule has 0 aromatic rings. The smallest absolute Gasteiger partial charge is 0.324 e. The van der Waals surface area contributed by atoms with Gasteiger partial charge in [0.15, 0.2) is 0 Å². The molecule has 100 valence electrons. The van der Waals surface area contributed by atoms with Gasteiger partial charge in [-0.05, 0) is 19.9 Å². The zero-order valence-electron chi connectivity index (χ0n) is 11.4. The largest absolute Gasteiger partial charge is 0.480 e. The van der Waals surface area contributed by atoms with E-state index in [1.165, 1.54) is 0 Å². The molecule has 0 aliphatic carbocycles. The molecule has 1 aliphatic rings. The van der Waals surface area contributed by atoms with Gasteiger partial charge in [0.1, 0.15) is 5.54 Å². The van der Waals surface area contributed by atoms with Crippen molar-refractivity contribution in [2.45, 2.75) is 45.1 Å². The first-order valence-electron chi connectivity index (χ1n) is 6.73. The van der Waals surface area contributed by atoms with Crippen LogP contribution < -0.4 is 0 Å². The Labute approximate surface area is 105 Å². The normalized spacial score (nSPS) is 19.5. The molecule has 0 spiro atoms. The fraction of sp³-hybridized carbons (Fsp3) is 0.923.